The van der Waals surface area contributed by atoms with Gasteiger partial charge in [-0.05, 0) is 6.92 Å². The lowest BCUT2D eigenvalue weighted by molar-refractivity contribution is -0.148. The van der Waals surface area contributed by atoms with Crippen LogP contribution in [0.4, 0.5) is 23.5 Å². The van der Waals surface area contributed by atoms with Crippen LogP contribution in [0.5, 0.6) is 5.88 Å². The van der Waals surface area contributed by atoms with Gasteiger partial charge in [-0.3, -0.25) is 0 Å². The third kappa shape index (κ3) is 3.86. The van der Waals surface area contributed by atoms with E-state index < -0.39 is 19.0 Å². The Morgan fingerprint density at radius 2 is 2.17 bits per heavy atom. The van der Waals surface area contributed by atoms with E-state index in [1.54, 1.807) is 6.92 Å². The van der Waals surface area contributed by atoms with Crippen LogP contribution >= 0.6 is 11.6 Å². The highest BCUT2D eigenvalue weighted by Gasteiger charge is 2.42. The highest BCUT2D eigenvalue weighted by molar-refractivity contribution is 6.31. The lowest BCUT2D eigenvalue weighted by atomic mass is 10.4. The molecule has 0 aliphatic rings. The number of alkyl halides is 4. The number of aromatic nitrogens is 2. The van der Waals surface area contributed by atoms with Crippen molar-refractivity contribution in [2.45, 2.75) is 19.3 Å². The van der Waals surface area contributed by atoms with Crippen molar-refractivity contribution in [1.29, 1.82) is 0 Å². The van der Waals surface area contributed by atoms with E-state index in [0.29, 0.717) is 6.54 Å². The summed E-state index contributed by atoms with van der Waals surface area (Å²) in [6.45, 7) is 0.755. The summed E-state index contributed by atoms with van der Waals surface area (Å²) in [7, 11) is 0. The molecule has 0 amide bonds. The third-order valence-corrected chi connectivity index (χ3v) is 2.03. The van der Waals surface area contributed by atoms with E-state index in [0.717, 1.165) is 6.20 Å². The van der Waals surface area contributed by atoms with Crippen LogP contribution in [0.15, 0.2) is 6.20 Å². The van der Waals surface area contributed by atoms with Gasteiger partial charge in [0.15, 0.2) is 6.61 Å². The van der Waals surface area contributed by atoms with Crippen molar-refractivity contribution in [3.8, 4) is 5.88 Å². The smallest absolute Gasteiger partial charge is 0.340 e. The number of ether oxygens (including phenoxy) is 1. The fraction of sp³-hybridized carbons (Fsp3) is 0.556. The van der Waals surface area contributed by atoms with Gasteiger partial charge in [-0.1, -0.05) is 11.6 Å². The molecule has 9 heteroatoms. The number of rotatable bonds is 6. The first kappa shape index (κ1) is 14.7. The maximum atomic E-state index is 12.6. The summed E-state index contributed by atoms with van der Waals surface area (Å²) in [5.74, 6) is -4.52. The Hall–Kier alpha value is -1.31. The predicted molar refractivity (Wildman–Crippen MR) is 57.7 cm³/mol. The van der Waals surface area contributed by atoms with E-state index in [4.69, 9.17) is 11.6 Å². The summed E-state index contributed by atoms with van der Waals surface area (Å²) in [5.41, 5.74) is 0. The van der Waals surface area contributed by atoms with Gasteiger partial charge >= 0.3 is 12.3 Å². The fourth-order valence-corrected chi connectivity index (χ4v) is 1.07. The minimum Gasteiger partial charge on any atom is -0.470 e. The lowest BCUT2D eigenvalue weighted by Gasteiger charge is -2.16. The van der Waals surface area contributed by atoms with Gasteiger partial charge in [-0.2, -0.15) is 13.8 Å². The van der Waals surface area contributed by atoms with Crippen molar-refractivity contribution in [2.75, 3.05) is 18.5 Å². The average molecular weight is 288 g/mol. The van der Waals surface area contributed by atoms with E-state index in [-0.39, 0.29) is 16.9 Å². The van der Waals surface area contributed by atoms with Crippen LogP contribution in [-0.2, 0) is 0 Å². The molecule has 0 spiro atoms. The molecule has 1 aromatic rings. The molecule has 0 radical (unpaired) electrons. The van der Waals surface area contributed by atoms with Crippen molar-refractivity contribution in [1.82, 2.24) is 9.97 Å². The van der Waals surface area contributed by atoms with Gasteiger partial charge < -0.3 is 10.1 Å². The minimum absolute atomic E-state index is 0.109. The summed E-state index contributed by atoms with van der Waals surface area (Å²) in [6, 6.07) is 0. The fourth-order valence-electron chi connectivity index (χ4n) is 0.924. The lowest BCUT2D eigenvalue weighted by Crippen LogP contribution is -2.34. The second-order valence-corrected chi connectivity index (χ2v) is 3.63. The molecule has 0 bridgehead atoms. The van der Waals surface area contributed by atoms with Gasteiger partial charge in [0.05, 0.1) is 6.20 Å². The van der Waals surface area contributed by atoms with Gasteiger partial charge in [0.1, 0.15) is 5.02 Å². The monoisotopic (exact) mass is 287 g/mol. The number of nitrogens with zero attached hydrogens (tertiary/aromatic N) is 2. The average Bonchev–Trinajstić information content (AvgIpc) is 2.30. The first-order valence-electron chi connectivity index (χ1n) is 4.92. The zero-order valence-electron chi connectivity index (χ0n) is 9.26. The SMILES string of the molecule is CCNc1ncc(Cl)c(OCC(F)(F)C(F)F)n1. The molecule has 0 saturated carbocycles. The van der Waals surface area contributed by atoms with Crippen molar-refractivity contribution >= 4 is 17.5 Å². The first-order valence-corrected chi connectivity index (χ1v) is 5.29. The molecule has 1 aromatic heterocycles. The van der Waals surface area contributed by atoms with E-state index >= 15 is 0 Å². The van der Waals surface area contributed by atoms with Crippen LogP contribution in [0.2, 0.25) is 5.02 Å². The van der Waals surface area contributed by atoms with E-state index in [9.17, 15) is 17.6 Å². The number of nitrogens with one attached hydrogen (secondary N) is 1. The normalized spacial score (nSPS) is 11.7. The van der Waals surface area contributed by atoms with Crippen molar-refractivity contribution < 1.29 is 22.3 Å². The summed E-state index contributed by atoms with van der Waals surface area (Å²) in [6.07, 6.45) is -2.69. The molecular weight excluding hydrogens is 278 g/mol. The van der Waals surface area contributed by atoms with Gasteiger partial charge in [0.2, 0.25) is 11.8 Å². The quantitative estimate of drug-likeness (QED) is 0.817. The van der Waals surface area contributed by atoms with Crippen LogP contribution in [0.1, 0.15) is 6.92 Å². The summed E-state index contributed by atoms with van der Waals surface area (Å²) in [5, 5.41) is 2.56. The number of hydrogen-bond donors (Lipinski definition) is 1. The predicted octanol–water partition coefficient (Wildman–Crippen LogP) is 2.84. The highest BCUT2D eigenvalue weighted by atomic mass is 35.5. The second kappa shape index (κ2) is 6.03. The molecule has 0 saturated heterocycles. The Labute approximate surface area is 105 Å². The molecule has 4 nitrogen and oxygen atoms in total. The van der Waals surface area contributed by atoms with Crippen LogP contribution in [0.3, 0.4) is 0 Å². The van der Waals surface area contributed by atoms with Crippen LogP contribution in [0, 0.1) is 0 Å². The highest BCUT2D eigenvalue weighted by Crippen LogP contribution is 2.27. The van der Waals surface area contributed by atoms with E-state index in [2.05, 4.69) is 20.0 Å². The molecule has 1 rings (SSSR count). The summed E-state index contributed by atoms with van der Waals surface area (Å²) < 4.78 is 53.6. The minimum atomic E-state index is -4.26. The van der Waals surface area contributed by atoms with Crippen molar-refractivity contribution in [2.24, 2.45) is 0 Å². The number of hydrogen-bond acceptors (Lipinski definition) is 4. The van der Waals surface area contributed by atoms with Crippen molar-refractivity contribution in [3.05, 3.63) is 11.2 Å². The largest absolute Gasteiger partial charge is 0.470 e. The maximum Gasteiger partial charge on any atom is 0.340 e. The van der Waals surface area contributed by atoms with Gasteiger partial charge in [0, 0.05) is 6.54 Å². The van der Waals surface area contributed by atoms with Crippen LogP contribution in [0.25, 0.3) is 0 Å². The van der Waals surface area contributed by atoms with Gasteiger partial charge in [0.25, 0.3) is 0 Å². The standard InChI is InChI=1S/C9H10ClF4N3O/c1-2-15-8-16-3-5(10)6(17-8)18-4-9(13,14)7(11)12/h3,7H,2,4H2,1H3,(H,15,16,17). The maximum absolute atomic E-state index is 12.6. The molecule has 0 aliphatic carbocycles. The Morgan fingerprint density at radius 1 is 1.50 bits per heavy atom. The Kier molecular flexibility index (Phi) is 4.94. The molecule has 0 fully saturated rings. The molecule has 0 aliphatic heterocycles. The molecule has 1 heterocycles. The zero-order valence-corrected chi connectivity index (χ0v) is 10.0. The molecule has 0 aromatic carbocycles. The van der Waals surface area contributed by atoms with Gasteiger partial charge in [-0.15, -0.1) is 0 Å². The number of anilines is 1. The van der Waals surface area contributed by atoms with Crippen LogP contribution < -0.4 is 10.1 Å². The third-order valence-electron chi connectivity index (χ3n) is 1.77. The van der Waals surface area contributed by atoms with Gasteiger partial charge in [-0.25, -0.2) is 13.8 Å². The van der Waals surface area contributed by atoms with E-state index in [1.807, 2.05) is 0 Å². The first-order chi connectivity index (χ1) is 8.36. The van der Waals surface area contributed by atoms with Crippen molar-refractivity contribution in [3.63, 3.8) is 0 Å². The molecule has 0 unspecified atom stereocenters. The number of halogens is 5. The van der Waals surface area contributed by atoms with E-state index in [1.165, 1.54) is 0 Å². The van der Waals surface area contributed by atoms with Crippen LogP contribution in [-0.4, -0.2) is 35.5 Å². The second-order valence-electron chi connectivity index (χ2n) is 3.23. The Morgan fingerprint density at radius 3 is 2.72 bits per heavy atom. The molecule has 1 N–H and O–H groups in total. The molecule has 102 valence electrons. The Balaban J connectivity index is 2.75. The zero-order chi connectivity index (χ0) is 13.8. The molecule has 0 atom stereocenters. The molecular formula is C9H10ClF4N3O. The summed E-state index contributed by atoms with van der Waals surface area (Å²) in [4.78, 5) is 7.41. The molecule has 18 heavy (non-hydrogen) atoms. The summed E-state index contributed by atoms with van der Waals surface area (Å²) >= 11 is 5.59. The topological polar surface area (TPSA) is 47.0 Å². The Bertz CT molecular complexity index is 405.